The molecule has 2 aromatic rings. The molecule has 6 nitrogen and oxygen atoms in total. The minimum absolute atomic E-state index is 0.0365. The average Bonchev–Trinajstić information content (AvgIpc) is 2.99. The molecule has 7 heteroatoms. The topological polar surface area (TPSA) is 64.6 Å². The second kappa shape index (κ2) is 6.85. The van der Waals surface area contributed by atoms with E-state index >= 15 is 0 Å². The summed E-state index contributed by atoms with van der Waals surface area (Å²) in [7, 11) is 0. The van der Waals surface area contributed by atoms with Crippen LogP contribution in [0.1, 0.15) is 21.7 Å². The molecule has 1 aliphatic heterocycles. The van der Waals surface area contributed by atoms with E-state index in [1.54, 1.807) is 12.1 Å². The SMILES string of the molecule is Cc1nsnc1COc1ccc(C(=O)N2CCOCC2)cc1. The van der Waals surface area contributed by atoms with E-state index in [4.69, 9.17) is 9.47 Å². The van der Waals surface area contributed by atoms with Crippen molar-refractivity contribution in [3.63, 3.8) is 0 Å². The van der Waals surface area contributed by atoms with Gasteiger partial charge in [-0.2, -0.15) is 8.75 Å². The van der Waals surface area contributed by atoms with E-state index in [0.29, 0.717) is 44.2 Å². The minimum Gasteiger partial charge on any atom is -0.487 e. The molecule has 1 aromatic heterocycles. The first-order valence-electron chi connectivity index (χ1n) is 7.12. The standard InChI is InChI=1S/C15H17N3O3S/c1-11-14(17-22-16-11)10-21-13-4-2-12(3-5-13)15(19)18-6-8-20-9-7-18/h2-5H,6-10H2,1H3. The lowest BCUT2D eigenvalue weighted by Gasteiger charge is -2.26. The van der Waals surface area contributed by atoms with Crippen molar-refractivity contribution in [2.45, 2.75) is 13.5 Å². The number of rotatable bonds is 4. The summed E-state index contributed by atoms with van der Waals surface area (Å²) in [5.41, 5.74) is 2.41. The van der Waals surface area contributed by atoms with Gasteiger partial charge in [0.2, 0.25) is 0 Å². The summed E-state index contributed by atoms with van der Waals surface area (Å²) in [5.74, 6) is 0.750. The van der Waals surface area contributed by atoms with Crippen LogP contribution >= 0.6 is 11.7 Å². The molecule has 2 heterocycles. The zero-order valence-electron chi connectivity index (χ0n) is 12.3. The van der Waals surface area contributed by atoms with Gasteiger partial charge in [-0.25, -0.2) is 0 Å². The minimum atomic E-state index is 0.0365. The van der Waals surface area contributed by atoms with Crippen molar-refractivity contribution in [2.24, 2.45) is 0 Å². The Labute approximate surface area is 133 Å². The maximum Gasteiger partial charge on any atom is 0.254 e. The van der Waals surface area contributed by atoms with Crippen LogP contribution in [0, 0.1) is 6.92 Å². The Balaban J connectivity index is 1.60. The molecule has 1 aliphatic rings. The van der Waals surface area contributed by atoms with Crippen molar-refractivity contribution in [3.8, 4) is 5.75 Å². The summed E-state index contributed by atoms with van der Waals surface area (Å²) in [6.45, 7) is 4.80. The Kier molecular flexibility index (Phi) is 4.65. The number of ether oxygens (including phenoxy) is 2. The van der Waals surface area contributed by atoms with Crippen LogP contribution in [-0.2, 0) is 11.3 Å². The fourth-order valence-corrected chi connectivity index (χ4v) is 2.73. The normalized spacial score (nSPS) is 14.9. The highest BCUT2D eigenvalue weighted by atomic mass is 32.1. The van der Waals surface area contributed by atoms with Crippen LogP contribution in [0.2, 0.25) is 0 Å². The number of benzene rings is 1. The number of aryl methyl sites for hydroxylation is 1. The third kappa shape index (κ3) is 3.42. The van der Waals surface area contributed by atoms with Gasteiger partial charge in [-0.3, -0.25) is 4.79 Å². The maximum atomic E-state index is 12.3. The van der Waals surface area contributed by atoms with Gasteiger partial charge >= 0.3 is 0 Å². The van der Waals surface area contributed by atoms with E-state index in [1.165, 1.54) is 11.7 Å². The first kappa shape index (κ1) is 14.9. The molecule has 1 fully saturated rings. The molecule has 1 saturated heterocycles. The lowest BCUT2D eigenvalue weighted by Crippen LogP contribution is -2.40. The van der Waals surface area contributed by atoms with Crippen molar-refractivity contribution < 1.29 is 14.3 Å². The molecular weight excluding hydrogens is 302 g/mol. The quantitative estimate of drug-likeness (QED) is 0.861. The van der Waals surface area contributed by atoms with Gasteiger partial charge in [-0.1, -0.05) is 0 Å². The van der Waals surface area contributed by atoms with E-state index in [9.17, 15) is 4.79 Å². The van der Waals surface area contributed by atoms with Crippen molar-refractivity contribution in [2.75, 3.05) is 26.3 Å². The second-order valence-corrected chi connectivity index (χ2v) is 5.54. The summed E-state index contributed by atoms with van der Waals surface area (Å²) < 4.78 is 19.2. The molecule has 0 radical (unpaired) electrons. The molecule has 0 atom stereocenters. The molecule has 116 valence electrons. The molecule has 0 spiro atoms. The zero-order valence-corrected chi connectivity index (χ0v) is 13.1. The summed E-state index contributed by atoms with van der Waals surface area (Å²) in [5, 5.41) is 0. The van der Waals surface area contributed by atoms with Gasteiger partial charge in [0.25, 0.3) is 5.91 Å². The smallest absolute Gasteiger partial charge is 0.254 e. The van der Waals surface area contributed by atoms with Gasteiger partial charge in [0.1, 0.15) is 18.1 Å². The number of carbonyl (C=O) groups is 1. The number of hydrogen-bond donors (Lipinski definition) is 0. The third-order valence-corrected chi connectivity index (χ3v) is 4.18. The number of aromatic nitrogens is 2. The van der Waals surface area contributed by atoms with Crippen molar-refractivity contribution in [1.29, 1.82) is 0 Å². The fraction of sp³-hybridized carbons (Fsp3) is 0.400. The van der Waals surface area contributed by atoms with Gasteiger partial charge in [0, 0.05) is 18.7 Å². The van der Waals surface area contributed by atoms with E-state index < -0.39 is 0 Å². The molecule has 1 aromatic carbocycles. The van der Waals surface area contributed by atoms with Gasteiger partial charge in [-0.05, 0) is 31.2 Å². The predicted octanol–water partition coefficient (Wildman–Crippen LogP) is 1.90. The monoisotopic (exact) mass is 319 g/mol. The number of carbonyl (C=O) groups excluding carboxylic acids is 1. The molecular formula is C15H17N3O3S. The Morgan fingerprint density at radius 2 is 2.00 bits per heavy atom. The fourth-order valence-electron chi connectivity index (χ4n) is 2.17. The van der Waals surface area contributed by atoms with Crippen LogP contribution in [0.3, 0.4) is 0 Å². The average molecular weight is 319 g/mol. The molecule has 0 aliphatic carbocycles. The highest BCUT2D eigenvalue weighted by molar-refractivity contribution is 6.99. The van der Waals surface area contributed by atoms with Crippen LogP contribution in [0.4, 0.5) is 0 Å². The highest BCUT2D eigenvalue weighted by Crippen LogP contribution is 2.16. The second-order valence-electron chi connectivity index (χ2n) is 5.01. The lowest BCUT2D eigenvalue weighted by molar-refractivity contribution is 0.0303. The van der Waals surface area contributed by atoms with E-state index in [1.807, 2.05) is 24.0 Å². The van der Waals surface area contributed by atoms with Crippen LogP contribution < -0.4 is 4.74 Å². The van der Waals surface area contributed by atoms with Gasteiger partial charge < -0.3 is 14.4 Å². The third-order valence-electron chi connectivity index (χ3n) is 3.52. The maximum absolute atomic E-state index is 12.3. The molecule has 3 rings (SSSR count). The van der Waals surface area contributed by atoms with E-state index in [-0.39, 0.29) is 5.91 Å². The van der Waals surface area contributed by atoms with Crippen LogP contribution in [0.15, 0.2) is 24.3 Å². The lowest BCUT2D eigenvalue weighted by atomic mass is 10.2. The van der Waals surface area contributed by atoms with Crippen molar-refractivity contribution in [3.05, 3.63) is 41.2 Å². The molecule has 1 amide bonds. The largest absolute Gasteiger partial charge is 0.487 e. The summed E-state index contributed by atoms with van der Waals surface area (Å²) in [6, 6.07) is 7.20. The van der Waals surface area contributed by atoms with Crippen LogP contribution in [0.5, 0.6) is 5.75 Å². The summed E-state index contributed by atoms with van der Waals surface area (Å²) in [6.07, 6.45) is 0. The molecule has 0 N–H and O–H groups in total. The summed E-state index contributed by atoms with van der Waals surface area (Å²) in [4.78, 5) is 14.1. The zero-order chi connectivity index (χ0) is 15.4. The molecule has 0 saturated carbocycles. The number of morpholine rings is 1. The van der Waals surface area contributed by atoms with Crippen molar-refractivity contribution >= 4 is 17.6 Å². The molecule has 0 bridgehead atoms. The Hall–Kier alpha value is -1.99. The van der Waals surface area contributed by atoms with Gasteiger partial charge in [-0.15, -0.1) is 0 Å². The molecule has 0 unspecified atom stereocenters. The predicted molar refractivity (Wildman–Crippen MR) is 82.1 cm³/mol. The first-order chi connectivity index (χ1) is 10.7. The van der Waals surface area contributed by atoms with Crippen LogP contribution in [0.25, 0.3) is 0 Å². The number of amides is 1. The molecule has 22 heavy (non-hydrogen) atoms. The van der Waals surface area contributed by atoms with Gasteiger partial charge in [0.15, 0.2) is 0 Å². The van der Waals surface area contributed by atoms with E-state index in [0.717, 1.165) is 11.4 Å². The Morgan fingerprint density at radius 3 is 2.64 bits per heavy atom. The van der Waals surface area contributed by atoms with E-state index in [2.05, 4.69) is 8.75 Å². The Morgan fingerprint density at radius 1 is 1.27 bits per heavy atom. The van der Waals surface area contributed by atoms with Crippen LogP contribution in [-0.4, -0.2) is 45.9 Å². The number of hydrogen-bond acceptors (Lipinski definition) is 6. The summed E-state index contributed by atoms with van der Waals surface area (Å²) >= 11 is 1.18. The first-order valence-corrected chi connectivity index (χ1v) is 7.85. The Bertz CT molecular complexity index is 636. The van der Waals surface area contributed by atoms with Gasteiger partial charge in [0.05, 0.1) is 30.6 Å². The highest BCUT2D eigenvalue weighted by Gasteiger charge is 2.18. The van der Waals surface area contributed by atoms with Crippen molar-refractivity contribution in [1.82, 2.24) is 13.6 Å². The number of nitrogens with zero attached hydrogens (tertiary/aromatic N) is 3.